The number of nitrogens with zero attached hydrogens (tertiary/aromatic N) is 1. The first kappa shape index (κ1) is 20.2. The molecule has 0 radical (unpaired) electrons. The molecule has 0 aliphatic heterocycles. The minimum atomic E-state index is -1.08. The van der Waals surface area contributed by atoms with Gasteiger partial charge in [0.05, 0.1) is 22.5 Å². The molecule has 2 N–H and O–H groups in total. The number of benzene rings is 2. The van der Waals surface area contributed by atoms with Crippen molar-refractivity contribution in [1.82, 2.24) is 5.43 Å². The largest absolute Gasteiger partial charge is 0.493 e. The van der Waals surface area contributed by atoms with E-state index in [1.165, 1.54) is 13.3 Å². The molecule has 0 spiro atoms. The van der Waals surface area contributed by atoms with Crippen molar-refractivity contribution in [3.63, 3.8) is 0 Å². The summed E-state index contributed by atoms with van der Waals surface area (Å²) in [4.78, 5) is 22.8. The number of carbonyl (C=O) groups excluding carboxylic acids is 1. The van der Waals surface area contributed by atoms with E-state index in [9.17, 15) is 9.59 Å². The van der Waals surface area contributed by atoms with E-state index < -0.39 is 12.6 Å². The molecule has 1 amide bonds. The zero-order valence-electron chi connectivity index (χ0n) is 13.5. The van der Waals surface area contributed by atoms with E-state index in [4.69, 9.17) is 14.6 Å². The summed E-state index contributed by atoms with van der Waals surface area (Å²) < 4.78 is 11.8. The average molecular weight is 533 g/mol. The number of amides is 1. The van der Waals surface area contributed by atoms with E-state index in [1.54, 1.807) is 30.3 Å². The van der Waals surface area contributed by atoms with Crippen molar-refractivity contribution in [2.75, 3.05) is 13.7 Å². The lowest BCUT2D eigenvalue weighted by Crippen LogP contribution is -2.18. The topological polar surface area (TPSA) is 97.2 Å². The summed E-state index contributed by atoms with van der Waals surface area (Å²) in [5.41, 5.74) is 3.57. The van der Waals surface area contributed by atoms with Crippen LogP contribution in [0.5, 0.6) is 11.5 Å². The van der Waals surface area contributed by atoms with Crippen molar-refractivity contribution in [3.05, 3.63) is 55.6 Å². The van der Waals surface area contributed by atoms with Crippen LogP contribution in [0.25, 0.3) is 0 Å². The van der Waals surface area contributed by atoms with E-state index in [0.717, 1.165) is 0 Å². The third-order valence-electron chi connectivity index (χ3n) is 3.09. The third-order valence-corrected chi connectivity index (χ3v) is 4.58. The number of carbonyl (C=O) groups is 2. The fraction of sp³-hybridized carbons (Fsp3) is 0.118. The first-order valence-electron chi connectivity index (χ1n) is 7.22. The van der Waals surface area contributed by atoms with Gasteiger partial charge in [0.1, 0.15) is 0 Å². The van der Waals surface area contributed by atoms with E-state index in [2.05, 4.69) is 26.5 Å². The van der Waals surface area contributed by atoms with E-state index >= 15 is 0 Å². The number of carboxylic acids is 1. The van der Waals surface area contributed by atoms with Crippen molar-refractivity contribution in [2.45, 2.75) is 0 Å². The molecule has 0 aliphatic carbocycles. The molecule has 0 bridgehead atoms. The number of carboxylic acid groups (broad SMARTS) is 1. The number of methoxy groups -OCH3 is 1. The van der Waals surface area contributed by atoms with Gasteiger partial charge >= 0.3 is 5.97 Å². The van der Waals surface area contributed by atoms with E-state index in [0.29, 0.717) is 30.7 Å². The first-order chi connectivity index (χ1) is 12.4. The number of hydrazone groups is 1. The van der Waals surface area contributed by atoms with E-state index in [-0.39, 0.29) is 5.91 Å². The van der Waals surface area contributed by atoms with Crippen LogP contribution in [0, 0.1) is 3.57 Å². The first-order valence-corrected chi connectivity index (χ1v) is 9.09. The molecule has 0 saturated heterocycles. The summed E-state index contributed by atoms with van der Waals surface area (Å²) in [6.07, 6.45) is 1.46. The molecule has 0 aliphatic rings. The molecule has 0 aromatic heterocycles. The summed E-state index contributed by atoms with van der Waals surface area (Å²) in [6.45, 7) is -0.470. The van der Waals surface area contributed by atoms with Crippen LogP contribution < -0.4 is 14.9 Å². The Morgan fingerprint density at radius 1 is 1.35 bits per heavy atom. The number of hydrogen-bond donors (Lipinski definition) is 2. The molecule has 0 fully saturated rings. The van der Waals surface area contributed by atoms with Crippen LogP contribution >= 0.6 is 38.5 Å². The monoisotopic (exact) mass is 532 g/mol. The lowest BCUT2D eigenvalue weighted by molar-refractivity contribution is -0.139. The molecular weight excluding hydrogens is 519 g/mol. The summed E-state index contributed by atoms with van der Waals surface area (Å²) in [7, 11) is 1.45. The predicted molar refractivity (Wildman–Crippen MR) is 108 cm³/mol. The number of hydrogen-bond acceptors (Lipinski definition) is 5. The SMILES string of the molecule is COc1cc(/C=N\NC(=O)c2ccccc2Br)cc(I)c1OCC(=O)O. The molecule has 26 heavy (non-hydrogen) atoms. The van der Waals surface area contributed by atoms with Crippen molar-refractivity contribution in [2.24, 2.45) is 5.10 Å². The van der Waals surface area contributed by atoms with Crippen LogP contribution in [-0.4, -0.2) is 36.9 Å². The molecule has 136 valence electrons. The maximum Gasteiger partial charge on any atom is 0.341 e. The Kier molecular flexibility index (Phi) is 7.39. The molecule has 2 rings (SSSR count). The third kappa shape index (κ3) is 5.43. The van der Waals surface area contributed by atoms with Crippen LogP contribution in [0.2, 0.25) is 0 Å². The van der Waals surface area contributed by atoms with Crippen molar-refractivity contribution in [3.8, 4) is 11.5 Å². The van der Waals surface area contributed by atoms with Crippen LogP contribution in [0.15, 0.2) is 46.0 Å². The molecule has 9 heteroatoms. The number of ether oxygens (including phenoxy) is 2. The van der Waals surface area contributed by atoms with Gasteiger partial charge in [0, 0.05) is 4.47 Å². The van der Waals surface area contributed by atoms with Crippen molar-refractivity contribution >= 4 is 56.6 Å². The average Bonchev–Trinajstić information content (AvgIpc) is 2.60. The highest BCUT2D eigenvalue weighted by Gasteiger charge is 2.13. The summed E-state index contributed by atoms with van der Waals surface area (Å²) in [5, 5.41) is 12.7. The number of aliphatic carboxylic acids is 1. The van der Waals surface area contributed by atoms with Crippen molar-refractivity contribution < 1.29 is 24.2 Å². The second-order valence-corrected chi connectivity index (χ2v) is 6.91. The minimum Gasteiger partial charge on any atom is -0.493 e. The lowest BCUT2D eigenvalue weighted by Gasteiger charge is -2.12. The Morgan fingerprint density at radius 2 is 2.08 bits per heavy atom. The number of rotatable bonds is 7. The maximum atomic E-state index is 12.1. The smallest absolute Gasteiger partial charge is 0.341 e. The van der Waals surface area contributed by atoms with Gasteiger partial charge in [-0.25, -0.2) is 10.2 Å². The van der Waals surface area contributed by atoms with Crippen LogP contribution in [0.4, 0.5) is 0 Å². The Bertz CT molecular complexity index is 857. The normalized spacial score (nSPS) is 10.6. The standard InChI is InChI=1S/C17H14BrIN2O5/c1-25-14-7-10(6-13(19)16(14)26-9-15(22)23)8-20-21-17(24)11-4-2-3-5-12(11)18/h2-8H,9H2,1H3,(H,21,24)(H,22,23)/b20-8-. The van der Waals surface area contributed by atoms with Crippen LogP contribution in [0.1, 0.15) is 15.9 Å². The summed E-state index contributed by atoms with van der Waals surface area (Å²) in [5.74, 6) is -0.721. The van der Waals surface area contributed by atoms with E-state index in [1.807, 2.05) is 28.7 Å². The molecule has 0 heterocycles. The summed E-state index contributed by atoms with van der Waals surface area (Å²) in [6, 6.07) is 10.4. The molecule has 7 nitrogen and oxygen atoms in total. The van der Waals surface area contributed by atoms with Crippen molar-refractivity contribution in [1.29, 1.82) is 0 Å². The van der Waals surface area contributed by atoms with Gasteiger partial charge in [-0.15, -0.1) is 0 Å². The second kappa shape index (κ2) is 9.53. The highest BCUT2D eigenvalue weighted by Crippen LogP contribution is 2.33. The Morgan fingerprint density at radius 3 is 2.73 bits per heavy atom. The Balaban J connectivity index is 2.13. The predicted octanol–water partition coefficient (Wildman–Crippen LogP) is 3.29. The molecule has 2 aromatic carbocycles. The van der Waals surface area contributed by atoms with Gasteiger partial charge in [-0.05, 0) is 68.3 Å². The van der Waals surface area contributed by atoms with Gasteiger partial charge < -0.3 is 14.6 Å². The fourth-order valence-corrected chi connectivity index (χ4v) is 3.21. The number of halogens is 2. The maximum absolute atomic E-state index is 12.1. The molecular formula is C17H14BrIN2O5. The fourth-order valence-electron chi connectivity index (χ4n) is 1.96. The van der Waals surface area contributed by atoms with Gasteiger partial charge in [0.2, 0.25) is 0 Å². The highest BCUT2D eigenvalue weighted by atomic mass is 127. The zero-order valence-corrected chi connectivity index (χ0v) is 17.3. The Hall–Kier alpha value is -2.14. The lowest BCUT2D eigenvalue weighted by atomic mass is 10.2. The highest BCUT2D eigenvalue weighted by molar-refractivity contribution is 14.1. The minimum absolute atomic E-state index is 0.338. The Labute approximate surface area is 171 Å². The van der Waals surface area contributed by atoms with Gasteiger partial charge in [0.25, 0.3) is 5.91 Å². The number of nitrogens with one attached hydrogen (secondary N) is 1. The molecule has 0 unspecified atom stereocenters. The van der Waals surface area contributed by atoms with Gasteiger partial charge in [-0.3, -0.25) is 4.79 Å². The molecule has 0 saturated carbocycles. The van der Waals surface area contributed by atoms with Crippen LogP contribution in [0.3, 0.4) is 0 Å². The molecule has 0 atom stereocenters. The van der Waals surface area contributed by atoms with Gasteiger partial charge in [0.15, 0.2) is 18.1 Å². The zero-order chi connectivity index (χ0) is 19.1. The molecule has 2 aromatic rings. The second-order valence-electron chi connectivity index (χ2n) is 4.90. The quantitative estimate of drug-likeness (QED) is 0.324. The van der Waals surface area contributed by atoms with Gasteiger partial charge in [-0.1, -0.05) is 12.1 Å². The van der Waals surface area contributed by atoms with Crippen LogP contribution in [-0.2, 0) is 4.79 Å². The summed E-state index contributed by atoms with van der Waals surface area (Å²) >= 11 is 5.32. The van der Waals surface area contributed by atoms with Gasteiger partial charge in [-0.2, -0.15) is 5.10 Å².